The van der Waals surface area contributed by atoms with Gasteiger partial charge in [0.05, 0.1) is 0 Å². The number of nitrogens with zero attached hydrogens (tertiary/aromatic N) is 16. The van der Waals surface area contributed by atoms with Crippen LogP contribution in [0.15, 0.2) is 75.6 Å². The van der Waals surface area contributed by atoms with Gasteiger partial charge in [-0.1, -0.05) is 87.8 Å². The van der Waals surface area contributed by atoms with Crippen molar-refractivity contribution in [3.8, 4) is 11.5 Å². The lowest BCUT2D eigenvalue weighted by molar-refractivity contribution is 0.286. The van der Waals surface area contributed by atoms with Gasteiger partial charge in [0.15, 0.2) is 0 Å². The van der Waals surface area contributed by atoms with Gasteiger partial charge in [-0.05, 0) is 115 Å². The molecule has 0 N–H and O–H groups in total. The first-order chi connectivity index (χ1) is 39.4. The van der Waals surface area contributed by atoms with E-state index in [0.717, 1.165) is 142 Å². The molecule has 80 heavy (non-hydrogen) atoms. The molecule has 2 unspecified atom stereocenters. The molecule has 442 valence electrons. The normalized spacial score (nSPS) is 32.5. The van der Waals surface area contributed by atoms with Crippen molar-refractivity contribution < 1.29 is 9.05 Å². The summed E-state index contributed by atoms with van der Waals surface area (Å²) in [5.41, 5.74) is 2.48. The zero-order valence-corrected chi connectivity index (χ0v) is 53.8. The molecule has 2 atom stereocenters. The number of para-hydroxylation sites is 2. The highest BCUT2D eigenvalue weighted by atomic mass is 31.3. The molecule has 0 radical (unpaired) electrons. The predicted octanol–water partition coefficient (Wildman–Crippen LogP) is 16.4. The summed E-state index contributed by atoms with van der Waals surface area (Å²) in [6.45, 7) is 19.8. The van der Waals surface area contributed by atoms with Gasteiger partial charge in [-0.15, -0.1) is 0 Å². The molecule has 24 heteroatoms. The molecule has 12 heterocycles. The minimum atomic E-state index is -3.19. The van der Waals surface area contributed by atoms with Crippen molar-refractivity contribution in [1.82, 2.24) is 46.7 Å². The van der Waals surface area contributed by atoms with E-state index in [-0.39, 0.29) is 0 Å². The Morgan fingerprint density at radius 3 is 0.750 bits per heavy atom. The third-order valence-corrected chi connectivity index (χ3v) is 43.3. The van der Waals surface area contributed by atoms with Crippen LogP contribution < -0.4 is 9.05 Å². The lowest BCUT2D eigenvalue weighted by atomic mass is 10.2. The monoisotopic (exact) mass is 1210 g/mol. The molecule has 2 aromatic carbocycles. The van der Waals surface area contributed by atoms with E-state index in [4.69, 9.17) is 36.1 Å². The van der Waals surface area contributed by atoms with Crippen LogP contribution in [0.5, 0.6) is 11.5 Å². The highest BCUT2D eigenvalue weighted by Gasteiger charge is 2.56. The number of piperidine rings is 8. The maximum atomic E-state index is 8.04. The maximum Gasteiger partial charge on any atom is 0.334 e. The molecule has 12 aliphatic rings. The minimum absolute atomic E-state index is 0.725. The van der Waals surface area contributed by atoms with Crippen molar-refractivity contribution >= 4 is 45.2 Å². The molecule has 0 saturated carbocycles. The van der Waals surface area contributed by atoms with Crippen LogP contribution in [0.1, 0.15) is 165 Å². The summed E-state index contributed by atoms with van der Waals surface area (Å²) in [5.74, 6) is 1.95. The summed E-state index contributed by atoms with van der Waals surface area (Å²) >= 11 is 0. The van der Waals surface area contributed by atoms with Gasteiger partial charge in [-0.3, -0.25) is 0 Å². The minimum Gasteiger partial charge on any atom is -0.430 e. The van der Waals surface area contributed by atoms with Crippen LogP contribution in [0.25, 0.3) is 0 Å². The average molecular weight is 1210 g/mol. The second kappa shape index (κ2) is 24.7. The summed E-state index contributed by atoms with van der Waals surface area (Å²) in [6.07, 6.45) is 29.5. The number of rotatable bonds is 11. The standard InChI is InChI=1S/C56H96N16O2P6/c1-13-33-63(34-14-1)75(64-35-15-2-16-36-64)57-76(65-37-17-3-18-38-65,66-39-19-4-20-40-66)60-79(59-75)71(51-53-29-9-11-31-55(53)73-79)49-50-72-52-54-30-10-12-32-56(54)74-80(72)61-77(67-41-21-5-22-42-67,68-43-23-6-24-44-68)58-78(62-80,69-45-25-7-26-46-69)70-47-27-8-28-48-70/h9-12,29-32H,1-8,13-28,33-52H2. The summed E-state index contributed by atoms with van der Waals surface area (Å²) in [4.78, 5) is 0. The number of fused-ring (bicyclic) bond motifs is 2. The van der Waals surface area contributed by atoms with Gasteiger partial charge in [0, 0.05) is 142 Å². The number of hydrogen-bond acceptors (Lipinski definition) is 18. The smallest absolute Gasteiger partial charge is 0.334 e. The van der Waals surface area contributed by atoms with E-state index in [1.165, 1.54) is 165 Å². The molecule has 8 fully saturated rings. The maximum absolute atomic E-state index is 8.04. The Bertz CT molecular complexity index is 2520. The summed E-state index contributed by atoms with van der Waals surface area (Å²) in [6, 6.07) is 17.9. The van der Waals surface area contributed by atoms with Gasteiger partial charge in [0.1, 0.15) is 11.5 Å². The average Bonchev–Trinajstić information content (AvgIpc) is 3.72. The van der Waals surface area contributed by atoms with Crippen molar-refractivity contribution in [2.24, 2.45) is 27.1 Å². The second-order valence-corrected chi connectivity index (χ2v) is 41.7. The SMILES string of the molecule is c1ccc2c(c1)CN(CCN1Cc3ccccc3OP13=NP(N1CCCCC1)(N1CCCCC1)=NP(N1CCCCC1)(N1CCCCC1)=N3)P1(=NP(N3CCCCC3)(N3CCCCC3)=NP(N3CCCCC3)(N3CCCCC3)=N1)O2. The first-order valence-corrected chi connectivity index (χ1v) is 41.9. The number of benzene rings is 2. The fourth-order valence-corrected chi connectivity index (χ4v) is 45.7. The molecule has 12 aliphatic heterocycles. The molecule has 0 amide bonds. The van der Waals surface area contributed by atoms with E-state index >= 15 is 0 Å². The molecule has 14 rings (SSSR count). The first kappa shape index (κ1) is 56.8. The Labute approximate surface area is 481 Å². The van der Waals surface area contributed by atoms with Crippen LogP contribution in [0, 0.1) is 0 Å². The van der Waals surface area contributed by atoms with Gasteiger partial charge in [-0.2, -0.15) is 27.1 Å². The quantitative estimate of drug-likeness (QED) is 0.199. The third-order valence-electron chi connectivity index (χ3n) is 19.6. The Morgan fingerprint density at radius 2 is 0.500 bits per heavy atom. The summed E-state index contributed by atoms with van der Waals surface area (Å²) in [5, 5.41) is 0. The predicted molar refractivity (Wildman–Crippen MR) is 334 cm³/mol. The molecule has 0 aliphatic carbocycles. The van der Waals surface area contributed by atoms with Crippen molar-refractivity contribution in [2.45, 2.75) is 167 Å². The van der Waals surface area contributed by atoms with Crippen molar-refractivity contribution in [2.75, 3.05) is 118 Å². The van der Waals surface area contributed by atoms with Crippen LogP contribution in [0.2, 0.25) is 0 Å². The fourth-order valence-electron chi connectivity index (χ4n) is 15.2. The van der Waals surface area contributed by atoms with Crippen LogP contribution in [0.4, 0.5) is 0 Å². The molecule has 8 saturated heterocycles. The van der Waals surface area contributed by atoms with Crippen molar-refractivity contribution in [3.05, 3.63) is 59.7 Å². The second-order valence-electron chi connectivity index (χ2n) is 25.0. The van der Waals surface area contributed by atoms with E-state index in [9.17, 15) is 0 Å². The molecular formula is C56H96N16O2P6. The lowest BCUT2D eigenvalue weighted by Gasteiger charge is -2.54. The highest BCUT2D eigenvalue weighted by Crippen LogP contribution is 2.86. The molecule has 0 bridgehead atoms. The first-order valence-electron chi connectivity index (χ1n) is 32.4. The van der Waals surface area contributed by atoms with E-state index < -0.39 is 45.2 Å². The molecule has 18 nitrogen and oxygen atoms in total. The van der Waals surface area contributed by atoms with Gasteiger partial charge < -0.3 is 9.05 Å². The Morgan fingerprint density at radius 1 is 0.275 bits per heavy atom. The van der Waals surface area contributed by atoms with Crippen molar-refractivity contribution in [1.29, 1.82) is 0 Å². The Kier molecular flexibility index (Phi) is 17.5. The topological polar surface area (TPSA) is 125 Å². The van der Waals surface area contributed by atoms with Crippen LogP contribution in [-0.2, 0) is 13.1 Å². The molecular weight excluding hydrogens is 1110 g/mol. The van der Waals surface area contributed by atoms with E-state index in [2.05, 4.69) is 95.2 Å². The van der Waals surface area contributed by atoms with Gasteiger partial charge in [0.25, 0.3) is 0 Å². The third kappa shape index (κ3) is 10.7. The van der Waals surface area contributed by atoms with E-state index in [0.29, 0.717) is 0 Å². The fraction of sp³-hybridized carbons (Fsp3) is 0.786. The molecule has 0 aromatic heterocycles. The Hall–Kier alpha value is -0.980. The molecule has 2 aromatic rings. The number of hydrogen-bond donors (Lipinski definition) is 0. The zero-order valence-electron chi connectivity index (χ0n) is 48.4. The van der Waals surface area contributed by atoms with Crippen LogP contribution >= 0.6 is 45.2 Å². The van der Waals surface area contributed by atoms with Crippen molar-refractivity contribution in [3.63, 3.8) is 0 Å². The van der Waals surface area contributed by atoms with E-state index in [1.54, 1.807) is 0 Å². The van der Waals surface area contributed by atoms with Gasteiger partial charge in [0.2, 0.25) is 30.0 Å². The lowest BCUT2D eigenvalue weighted by Crippen LogP contribution is -2.43. The highest BCUT2D eigenvalue weighted by molar-refractivity contribution is 7.83. The Balaban J connectivity index is 0.990. The molecule has 2 spiro atoms. The zero-order chi connectivity index (χ0) is 53.5. The van der Waals surface area contributed by atoms with Gasteiger partial charge >= 0.3 is 15.2 Å². The van der Waals surface area contributed by atoms with Crippen LogP contribution in [0.3, 0.4) is 0 Å². The van der Waals surface area contributed by atoms with Gasteiger partial charge in [-0.25, -0.2) is 46.7 Å². The van der Waals surface area contributed by atoms with E-state index in [1.807, 2.05) is 0 Å². The van der Waals surface area contributed by atoms with Crippen LogP contribution in [-0.4, -0.2) is 165 Å². The largest absolute Gasteiger partial charge is 0.430 e. The summed E-state index contributed by atoms with van der Waals surface area (Å²) in [7, 11) is -17.3. The summed E-state index contributed by atoms with van der Waals surface area (Å²) < 4.78 is 84.2.